The van der Waals surface area contributed by atoms with Crippen LogP contribution in [0, 0.1) is 5.82 Å². The molecule has 0 saturated heterocycles. The van der Waals surface area contributed by atoms with Crippen molar-refractivity contribution in [2.45, 2.75) is 30.8 Å². The summed E-state index contributed by atoms with van der Waals surface area (Å²) in [5.74, 6) is -4.20. The van der Waals surface area contributed by atoms with Crippen LogP contribution in [0.2, 0.25) is 5.02 Å². The fourth-order valence-electron chi connectivity index (χ4n) is 2.97. The predicted octanol–water partition coefficient (Wildman–Crippen LogP) is 3.49. The van der Waals surface area contributed by atoms with E-state index in [9.17, 15) is 22.8 Å². The first-order valence-corrected chi connectivity index (χ1v) is 8.45. The van der Waals surface area contributed by atoms with Crippen molar-refractivity contribution in [2.75, 3.05) is 4.90 Å². The van der Waals surface area contributed by atoms with Gasteiger partial charge < -0.3 is 5.32 Å². The maximum atomic E-state index is 13.6. The van der Waals surface area contributed by atoms with Crippen molar-refractivity contribution in [1.29, 1.82) is 0 Å². The van der Waals surface area contributed by atoms with Gasteiger partial charge in [-0.15, -0.1) is 0 Å². The van der Waals surface area contributed by atoms with Crippen molar-refractivity contribution in [3.63, 3.8) is 0 Å². The SMILES string of the molecule is O=CN(c1cncc(F)c1)[C@H](C(=O)NC1CC(F)(F)C1)c1ccccc1Cl. The van der Waals surface area contributed by atoms with Gasteiger partial charge in [0.25, 0.3) is 5.92 Å². The average Bonchev–Trinajstić information content (AvgIpc) is 2.58. The third-order valence-electron chi connectivity index (χ3n) is 4.26. The summed E-state index contributed by atoms with van der Waals surface area (Å²) in [6.45, 7) is 0. The predicted molar refractivity (Wildman–Crippen MR) is 93.0 cm³/mol. The molecule has 0 bridgehead atoms. The van der Waals surface area contributed by atoms with Crippen LogP contribution in [-0.2, 0) is 9.59 Å². The van der Waals surface area contributed by atoms with Crippen LogP contribution in [0.3, 0.4) is 0 Å². The number of pyridine rings is 1. The summed E-state index contributed by atoms with van der Waals surface area (Å²) in [6.07, 6.45) is 1.56. The summed E-state index contributed by atoms with van der Waals surface area (Å²) in [4.78, 5) is 29.2. The lowest BCUT2D eigenvalue weighted by Gasteiger charge is -2.37. The number of amides is 2. The Balaban J connectivity index is 1.95. The van der Waals surface area contributed by atoms with Crippen molar-refractivity contribution >= 4 is 29.6 Å². The zero-order valence-corrected chi connectivity index (χ0v) is 14.7. The van der Waals surface area contributed by atoms with Crippen LogP contribution in [0.1, 0.15) is 24.4 Å². The van der Waals surface area contributed by atoms with E-state index in [1.54, 1.807) is 12.1 Å². The zero-order chi connectivity index (χ0) is 19.6. The van der Waals surface area contributed by atoms with E-state index in [0.717, 1.165) is 17.2 Å². The molecule has 1 aromatic carbocycles. The summed E-state index contributed by atoms with van der Waals surface area (Å²) in [7, 11) is 0. The highest BCUT2D eigenvalue weighted by atomic mass is 35.5. The summed E-state index contributed by atoms with van der Waals surface area (Å²) < 4.78 is 39.7. The molecule has 0 spiro atoms. The second kappa shape index (κ2) is 7.56. The second-order valence-electron chi connectivity index (χ2n) is 6.27. The fourth-order valence-corrected chi connectivity index (χ4v) is 3.21. The fraction of sp³-hybridized carbons (Fsp3) is 0.278. The molecule has 0 radical (unpaired) electrons. The Bertz CT molecular complexity index is 857. The molecule has 1 saturated carbocycles. The van der Waals surface area contributed by atoms with Gasteiger partial charge in [0.1, 0.15) is 11.9 Å². The van der Waals surface area contributed by atoms with Gasteiger partial charge >= 0.3 is 0 Å². The monoisotopic (exact) mass is 397 g/mol. The highest BCUT2D eigenvalue weighted by Gasteiger charge is 2.47. The minimum Gasteiger partial charge on any atom is -0.351 e. The normalized spacial score (nSPS) is 16.9. The van der Waals surface area contributed by atoms with Gasteiger partial charge in [-0.3, -0.25) is 19.5 Å². The van der Waals surface area contributed by atoms with Gasteiger partial charge in [0.2, 0.25) is 12.3 Å². The van der Waals surface area contributed by atoms with Gasteiger partial charge in [0.05, 0.1) is 18.1 Å². The van der Waals surface area contributed by atoms with Crippen molar-refractivity contribution in [3.05, 3.63) is 59.1 Å². The summed E-state index contributed by atoms with van der Waals surface area (Å²) in [5.41, 5.74) is 0.308. The first kappa shape index (κ1) is 19.2. The number of rotatable bonds is 6. The molecular weight excluding hydrogens is 383 g/mol. The van der Waals surface area contributed by atoms with Crippen molar-refractivity contribution in [1.82, 2.24) is 10.3 Å². The number of anilines is 1. The summed E-state index contributed by atoms with van der Waals surface area (Å²) in [5, 5.41) is 2.71. The topological polar surface area (TPSA) is 62.3 Å². The molecule has 142 valence electrons. The highest BCUT2D eigenvalue weighted by molar-refractivity contribution is 6.31. The van der Waals surface area contributed by atoms with Crippen molar-refractivity contribution in [3.8, 4) is 0 Å². The first-order chi connectivity index (χ1) is 12.8. The zero-order valence-electron chi connectivity index (χ0n) is 13.9. The number of alkyl halides is 2. The van der Waals surface area contributed by atoms with Crippen LogP contribution >= 0.6 is 11.6 Å². The van der Waals surface area contributed by atoms with Crippen molar-refractivity contribution in [2.24, 2.45) is 0 Å². The number of benzene rings is 1. The molecule has 1 heterocycles. The molecule has 1 N–H and O–H groups in total. The Morgan fingerprint density at radius 2 is 2.04 bits per heavy atom. The lowest BCUT2D eigenvalue weighted by atomic mass is 9.88. The lowest BCUT2D eigenvalue weighted by Crippen LogP contribution is -2.53. The molecule has 1 fully saturated rings. The molecule has 5 nitrogen and oxygen atoms in total. The van der Waals surface area contributed by atoms with E-state index >= 15 is 0 Å². The van der Waals surface area contributed by atoms with Crippen LogP contribution in [0.15, 0.2) is 42.7 Å². The van der Waals surface area contributed by atoms with Crippen LogP contribution in [0.4, 0.5) is 18.9 Å². The molecule has 2 aromatic rings. The Kier molecular flexibility index (Phi) is 5.36. The number of nitrogens with zero attached hydrogens (tertiary/aromatic N) is 2. The third-order valence-corrected chi connectivity index (χ3v) is 4.61. The number of nitrogens with one attached hydrogen (secondary N) is 1. The highest BCUT2D eigenvalue weighted by Crippen LogP contribution is 2.38. The lowest BCUT2D eigenvalue weighted by molar-refractivity contribution is -0.131. The minimum atomic E-state index is -2.81. The largest absolute Gasteiger partial charge is 0.351 e. The number of hydrogen-bond donors (Lipinski definition) is 1. The van der Waals surface area contributed by atoms with E-state index in [1.807, 2.05) is 0 Å². The van der Waals surface area contributed by atoms with Crippen molar-refractivity contribution < 1.29 is 22.8 Å². The molecule has 3 rings (SSSR count). The molecule has 27 heavy (non-hydrogen) atoms. The summed E-state index contributed by atoms with van der Waals surface area (Å²) >= 11 is 6.18. The molecule has 9 heteroatoms. The molecular formula is C18H15ClF3N3O2. The standard InChI is InChI=1S/C18H15ClF3N3O2/c19-15-4-2-1-3-14(15)16(17(27)24-12-6-18(21,22)7-12)25(10-26)13-5-11(20)8-23-9-13/h1-5,8-10,12,16H,6-7H2,(H,24,27)/t16-/m0/s1. The maximum Gasteiger partial charge on any atom is 0.252 e. The van der Waals surface area contributed by atoms with E-state index < -0.39 is 42.6 Å². The summed E-state index contributed by atoms with van der Waals surface area (Å²) in [6, 6.07) is 5.38. The second-order valence-corrected chi connectivity index (χ2v) is 6.67. The van der Waals surface area contributed by atoms with Crippen LogP contribution < -0.4 is 10.2 Å². The number of carbonyl (C=O) groups is 2. The Labute approximate surface area is 158 Å². The minimum absolute atomic E-state index is 0.0315. The van der Waals surface area contributed by atoms with Gasteiger partial charge in [0.15, 0.2) is 0 Å². The van der Waals surface area contributed by atoms with E-state index in [-0.39, 0.29) is 16.3 Å². The van der Waals surface area contributed by atoms with Gasteiger partial charge in [-0.1, -0.05) is 29.8 Å². The van der Waals surface area contributed by atoms with E-state index in [2.05, 4.69) is 10.3 Å². The van der Waals surface area contributed by atoms with Crippen LogP contribution in [-0.4, -0.2) is 29.3 Å². The average molecular weight is 398 g/mol. The van der Waals surface area contributed by atoms with Crippen LogP contribution in [0.25, 0.3) is 0 Å². The maximum absolute atomic E-state index is 13.6. The number of hydrogen-bond acceptors (Lipinski definition) is 3. The molecule has 1 aliphatic carbocycles. The van der Waals surface area contributed by atoms with E-state index in [0.29, 0.717) is 6.41 Å². The Hall–Kier alpha value is -2.61. The number of carbonyl (C=O) groups excluding carboxylic acids is 2. The number of halogens is 4. The third kappa shape index (κ3) is 4.21. The smallest absolute Gasteiger partial charge is 0.252 e. The number of aromatic nitrogens is 1. The van der Waals surface area contributed by atoms with E-state index in [4.69, 9.17) is 11.6 Å². The van der Waals surface area contributed by atoms with Gasteiger partial charge in [0, 0.05) is 35.5 Å². The molecule has 1 aromatic heterocycles. The first-order valence-electron chi connectivity index (χ1n) is 8.07. The quantitative estimate of drug-likeness (QED) is 0.759. The molecule has 1 aliphatic rings. The Morgan fingerprint density at radius 1 is 1.33 bits per heavy atom. The van der Waals surface area contributed by atoms with Gasteiger partial charge in [-0.05, 0) is 6.07 Å². The molecule has 0 aliphatic heterocycles. The molecule has 0 unspecified atom stereocenters. The van der Waals surface area contributed by atoms with E-state index in [1.165, 1.54) is 18.3 Å². The Morgan fingerprint density at radius 3 is 2.63 bits per heavy atom. The molecule has 2 amide bonds. The molecule has 1 atom stereocenters. The van der Waals surface area contributed by atoms with Crippen LogP contribution in [0.5, 0.6) is 0 Å². The van der Waals surface area contributed by atoms with Gasteiger partial charge in [-0.25, -0.2) is 13.2 Å². The van der Waals surface area contributed by atoms with Gasteiger partial charge in [-0.2, -0.15) is 0 Å².